The van der Waals surface area contributed by atoms with E-state index in [4.69, 9.17) is 4.74 Å². The molecule has 7 nitrogen and oxygen atoms in total. The summed E-state index contributed by atoms with van der Waals surface area (Å²) in [6.07, 6.45) is 6.60. The van der Waals surface area contributed by atoms with E-state index >= 15 is 0 Å². The minimum absolute atomic E-state index is 0. The van der Waals surface area contributed by atoms with Gasteiger partial charge in [-0.05, 0) is 24.5 Å². The van der Waals surface area contributed by atoms with E-state index in [1.807, 2.05) is 47.6 Å². The second-order valence-electron chi connectivity index (χ2n) is 8.17. The molecule has 168 valence electrons. The molecule has 3 aromatic heterocycles. The van der Waals surface area contributed by atoms with Crippen molar-refractivity contribution < 1.29 is 9.53 Å². The van der Waals surface area contributed by atoms with Gasteiger partial charge < -0.3 is 14.2 Å². The summed E-state index contributed by atoms with van der Waals surface area (Å²) in [6, 6.07) is 11.9. The Balaban J connectivity index is 0.00000245. The van der Waals surface area contributed by atoms with Crippen molar-refractivity contribution in [3.63, 3.8) is 0 Å². The summed E-state index contributed by atoms with van der Waals surface area (Å²) in [5.41, 5.74) is 5.00. The maximum Gasteiger partial charge on any atom is 0.410 e. The van der Waals surface area contributed by atoms with Gasteiger partial charge in [0.1, 0.15) is 6.61 Å². The highest BCUT2D eigenvalue weighted by molar-refractivity contribution is 5.85. The minimum Gasteiger partial charge on any atom is -0.445 e. The van der Waals surface area contributed by atoms with E-state index in [1.165, 1.54) is 0 Å². The van der Waals surface area contributed by atoms with E-state index in [0.717, 1.165) is 41.0 Å². The third-order valence-electron chi connectivity index (χ3n) is 6.42. The van der Waals surface area contributed by atoms with Gasteiger partial charge in [-0.3, -0.25) is 4.40 Å². The number of benzene rings is 1. The van der Waals surface area contributed by atoms with Gasteiger partial charge in [0.25, 0.3) is 0 Å². The molecule has 1 aliphatic rings. The van der Waals surface area contributed by atoms with Crippen LogP contribution in [0.5, 0.6) is 0 Å². The van der Waals surface area contributed by atoms with Gasteiger partial charge in [0.05, 0.1) is 11.7 Å². The Kier molecular flexibility index (Phi) is 6.37. The zero-order chi connectivity index (χ0) is 21.4. The summed E-state index contributed by atoms with van der Waals surface area (Å²) in [5, 5.41) is 0. The number of rotatable bonds is 5. The van der Waals surface area contributed by atoms with Crippen LogP contribution in [0.2, 0.25) is 0 Å². The minimum atomic E-state index is -0.248. The highest BCUT2D eigenvalue weighted by Crippen LogP contribution is 2.36. The molecule has 1 aromatic carbocycles. The van der Waals surface area contributed by atoms with Crippen LogP contribution < -0.4 is 0 Å². The van der Waals surface area contributed by atoms with Crippen LogP contribution in [0, 0.1) is 5.92 Å². The van der Waals surface area contributed by atoms with Crippen molar-refractivity contribution in [2.24, 2.45) is 5.92 Å². The quantitative estimate of drug-likeness (QED) is 0.431. The Bertz CT molecular complexity index is 1220. The molecular formula is C24H28ClN5O2. The monoisotopic (exact) mass is 453 g/mol. The van der Waals surface area contributed by atoms with Gasteiger partial charge in [-0.2, -0.15) is 0 Å². The van der Waals surface area contributed by atoms with E-state index in [-0.39, 0.29) is 24.4 Å². The molecule has 0 bridgehead atoms. The van der Waals surface area contributed by atoms with Gasteiger partial charge in [0, 0.05) is 43.6 Å². The van der Waals surface area contributed by atoms with E-state index in [9.17, 15) is 4.79 Å². The Morgan fingerprint density at radius 2 is 1.91 bits per heavy atom. The molecule has 32 heavy (non-hydrogen) atoms. The van der Waals surface area contributed by atoms with E-state index in [2.05, 4.69) is 45.0 Å². The number of nitrogens with zero attached hydrogens (tertiary/aromatic N) is 5. The number of fused-ring (bicyclic) bond motifs is 3. The summed E-state index contributed by atoms with van der Waals surface area (Å²) in [6.45, 7) is 6.80. The summed E-state index contributed by atoms with van der Waals surface area (Å²) in [5.74, 6) is 0.570. The molecule has 4 heterocycles. The molecular weight excluding hydrogens is 426 g/mol. The number of hydrogen-bond donors (Lipinski definition) is 0. The number of aromatic nitrogens is 4. The number of imidazole rings is 1. The number of likely N-dealkylation sites (tertiary alicyclic amines) is 1. The Morgan fingerprint density at radius 1 is 1.09 bits per heavy atom. The fraction of sp³-hybridized carbons (Fsp3) is 0.375. The molecule has 1 fully saturated rings. The first-order valence-electron chi connectivity index (χ1n) is 11.0. The predicted octanol–water partition coefficient (Wildman–Crippen LogP) is 4.89. The number of ether oxygens (including phenoxy) is 1. The molecule has 1 aliphatic heterocycles. The standard InChI is InChI=1S/C24H27N5O2.ClH/c1-3-18-14-28(24(30)31-16-17-8-6-5-7-9-17)15-19(18)21-12-25-22-13-26-23-20(29(21)22)10-11-27(23)4-2;/h5-13,18-19H,3-4,14-16H2,1-2H3;1H/t18-,19+;/m1./s1. The fourth-order valence-electron chi connectivity index (χ4n) is 4.72. The second-order valence-corrected chi connectivity index (χ2v) is 8.17. The van der Waals surface area contributed by atoms with Crippen molar-refractivity contribution in [3.8, 4) is 0 Å². The van der Waals surface area contributed by atoms with Crippen LogP contribution in [0.15, 0.2) is 55.0 Å². The number of aryl methyl sites for hydroxylation is 1. The lowest BCUT2D eigenvalue weighted by atomic mass is 9.91. The molecule has 8 heteroatoms. The molecule has 0 N–H and O–H groups in total. The smallest absolute Gasteiger partial charge is 0.410 e. The summed E-state index contributed by atoms with van der Waals surface area (Å²) in [4.78, 5) is 23.9. The molecule has 0 saturated carbocycles. The number of hydrogen-bond acceptors (Lipinski definition) is 4. The first-order valence-corrected chi connectivity index (χ1v) is 11.0. The maximum atomic E-state index is 12.8. The van der Waals surface area contributed by atoms with Gasteiger partial charge in [-0.1, -0.05) is 43.7 Å². The van der Waals surface area contributed by atoms with Crippen LogP contribution in [0.3, 0.4) is 0 Å². The zero-order valence-electron chi connectivity index (χ0n) is 18.3. The Labute approximate surface area is 193 Å². The first-order chi connectivity index (χ1) is 15.2. The summed E-state index contributed by atoms with van der Waals surface area (Å²) in [7, 11) is 0. The molecule has 0 radical (unpaired) electrons. The molecule has 0 aliphatic carbocycles. The molecule has 1 saturated heterocycles. The van der Waals surface area contributed by atoms with Crippen LogP contribution in [-0.2, 0) is 17.9 Å². The molecule has 0 unspecified atom stereocenters. The third kappa shape index (κ3) is 3.81. The van der Waals surface area contributed by atoms with Crippen LogP contribution >= 0.6 is 12.4 Å². The van der Waals surface area contributed by atoms with Crippen molar-refractivity contribution in [2.75, 3.05) is 13.1 Å². The topological polar surface area (TPSA) is 64.7 Å². The summed E-state index contributed by atoms with van der Waals surface area (Å²) < 4.78 is 9.94. The molecule has 1 amide bonds. The molecule has 0 spiro atoms. The lowest BCUT2D eigenvalue weighted by molar-refractivity contribution is 0.103. The maximum absolute atomic E-state index is 12.8. The Morgan fingerprint density at radius 3 is 2.66 bits per heavy atom. The first kappa shape index (κ1) is 22.1. The van der Waals surface area contributed by atoms with E-state index in [0.29, 0.717) is 25.6 Å². The van der Waals surface area contributed by atoms with Crippen molar-refractivity contribution in [2.45, 2.75) is 39.3 Å². The normalized spacial score (nSPS) is 18.2. The third-order valence-corrected chi connectivity index (χ3v) is 6.42. The average Bonchev–Trinajstić information content (AvgIpc) is 3.53. The number of carbonyl (C=O) groups excluding carboxylic acids is 1. The van der Waals surface area contributed by atoms with Crippen LogP contribution in [0.4, 0.5) is 4.79 Å². The van der Waals surface area contributed by atoms with E-state index in [1.54, 1.807) is 0 Å². The van der Waals surface area contributed by atoms with Crippen LogP contribution in [-0.4, -0.2) is 43.0 Å². The van der Waals surface area contributed by atoms with Gasteiger partial charge in [-0.25, -0.2) is 14.8 Å². The number of carbonyl (C=O) groups is 1. The highest BCUT2D eigenvalue weighted by atomic mass is 35.5. The number of amides is 1. The van der Waals surface area contributed by atoms with Gasteiger partial charge in [0.2, 0.25) is 0 Å². The summed E-state index contributed by atoms with van der Waals surface area (Å²) >= 11 is 0. The predicted molar refractivity (Wildman–Crippen MR) is 126 cm³/mol. The van der Waals surface area contributed by atoms with Gasteiger partial charge in [0.15, 0.2) is 11.3 Å². The van der Waals surface area contributed by atoms with Crippen molar-refractivity contribution >= 4 is 35.3 Å². The largest absolute Gasteiger partial charge is 0.445 e. The van der Waals surface area contributed by atoms with Gasteiger partial charge in [-0.15, -0.1) is 12.4 Å². The van der Waals surface area contributed by atoms with Crippen LogP contribution in [0.25, 0.3) is 16.8 Å². The van der Waals surface area contributed by atoms with Crippen LogP contribution in [0.1, 0.15) is 37.4 Å². The Hall–Kier alpha value is -3.06. The molecule has 4 aromatic rings. The fourth-order valence-corrected chi connectivity index (χ4v) is 4.72. The lowest BCUT2D eigenvalue weighted by Crippen LogP contribution is -2.29. The number of halogens is 1. The second kappa shape index (κ2) is 9.20. The average molecular weight is 454 g/mol. The highest BCUT2D eigenvalue weighted by Gasteiger charge is 2.37. The van der Waals surface area contributed by atoms with Crippen molar-refractivity contribution in [1.29, 1.82) is 0 Å². The lowest BCUT2D eigenvalue weighted by Gasteiger charge is -2.17. The van der Waals surface area contributed by atoms with Crippen molar-refractivity contribution in [1.82, 2.24) is 23.8 Å². The zero-order valence-corrected chi connectivity index (χ0v) is 19.2. The molecule has 5 rings (SSSR count). The molecule has 2 atom stereocenters. The van der Waals surface area contributed by atoms with E-state index < -0.39 is 0 Å². The van der Waals surface area contributed by atoms with Crippen molar-refractivity contribution in [3.05, 3.63) is 66.2 Å². The SMILES string of the molecule is CC[C@@H]1CN(C(=O)OCc2ccccc2)C[C@@H]1c1cnc2cnc3c(ccn3CC)n12.Cl. The van der Waals surface area contributed by atoms with Gasteiger partial charge >= 0.3 is 6.09 Å².